The van der Waals surface area contributed by atoms with Gasteiger partial charge in [0.2, 0.25) is 5.36 Å². The molecule has 178 valence electrons. The average molecular weight is 466 g/mol. The molecule has 0 saturated heterocycles. The Morgan fingerprint density at radius 2 is 1.51 bits per heavy atom. The van der Waals surface area contributed by atoms with Crippen molar-refractivity contribution in [3.05, 3.63) is 78.2 Å². The van der Waals surface area contributed by atoms with Crippen LogP contribution in [0.5, 0.6) is 5.75 Å². The van der Waals surface area contributed by atoms with Crippen LogP contribution in [0.1, 0.15) is 27.7 Å². The van der Waals surface area contributed by atoms with Crippen LogP contribution < -0.4 is 14.8 Å². The summed E-state index contributed by atoms with van der Waals surface area (Å²) in [5.41, 5.74) is 4.78. The van der Waals surface area contributed by atoms with Crippen LogP contribution in [-0.4, -0.2) is 31.3 Å². The van der Waals surface area contributed by atoms with Gasteiger partial charge in [0.05, 0.1) is 6.07 Å². The zero-order valence-electron chi connectivity index (χ0n) is 21.0. The van der Waals surface area contributed by atoms with Gasteiger partial charge in [-0.05, 0) is 57.3 Å². The second-order valence-electron chi connectivity index (χ2n) is 8.87. The molecule has 2 aliphatic rings. The molecule has 1 N–H and O–H groups in total. The third kappa shape index (κ3) is 3.93. The van der Waals surface area contributed by atoms with Crippen LogP contribution in [0.3, 0.4) is 0 Å². The van der Waals surface area contributed by atoms with E-state index in [1.54, 1.807) is 0 Å². The van der Waals surface area contributed by atoms with Gasteiger partial charge in [0.15, 0.2) is 0 Å². The van der Waals surface area contributed by atoms with Crippen LogP contribution in [0.2, 0.25) is 0 Å². The summed E-state index contributed by atoms with van der Waals surface area (Å²) in [6.45, 7) is 12.4. The number of hydrogen-bond acceptors (Lipinski definition) is 3. The van der Waals surface area contributed by atoms with E-state index in [2.05, 4.69) is 79.6 Å². The van der Waals surface area contributed by atoms with Crippen LogP contribution in [0.4, 0.5) is 5.69 Å². The Kier molecular flexibility index (Phi) is 6.21. The van der Waals surface area contributed by atoms with Crippen LogP contribution in [0.15, 0.2) is 77.2 Å². The summed E-state index contributed by atoms with van der Waals surface area (Å²) in [7, 11) is 0. The molecule has 0 saturated carbocycles. The van der Waals surface area contributed by atoms with Gasteiger partial charge in [-0.25, -0.2) is 4.58 Å². The highest BCUT2D eigenvalue weighted by Crippen LogP contribution is 2.45. The largest absolute Gasteiger partial charge is 0.507 e. The molecule has 4 heteroatoms. The second-order valence-corrected chi connectivity index (χ2v) is 8.87. The van der Waals surface area contributed by atoms with Crippen molar-refractivity contribution in [1.82, 2.24) is 4.58 Å². The van der Waals surface area contributed by atoms with E-state index in [4.69, 9.17) is 4.42 Å². The highest BCUT2D eigenvalue weighted by atomic mass is 16.3. The van der Waals surface area contributed by atoms with E-state index >= 15 is 0 Å². The molecule has 0 spiro atoms. The number of benzene rings is 4. The molecular formula is C31H33N2O2+. The van der Waals surface area contributed by atoms with Crippen LogP contribution in [0.25, 0.3) is 44.2 Å². The number of phenolic OH excluding ortho intramolecular Hbond substituents is 1. The lowest BCUT2D eigenvalue weighted by Crippen LogP contribution is -2.29. The Balaban J connectivity index is 1.89. The first-order valence-corrected chi connectivity index (χ1v) is 12.6. The normalized spacial score (nSPS) is 11.4. The predicted octanol–water partition coefficient (Wildman–Crippen LogP) is 6.72. The Hall–Kier alpha value is -3.79. The van der Waals surface area contributed by atoms with E-state index in [0.717, 1.165) is 81.4 Å². The van der Waals surface area contributed by atoms with Crippen molar-refractivity contribution in [3.63, 3.8) is 0 Å². The fourth-order valence-electron chi connectivity index (χ4n) is 5.19. The standard InChI is InChI=1S/C31H32N2O2/c1-5-32(6-2)22-14-17-25-28(19-22)35-29-20-23(33(7-3)8-4)15-18-26(29)30(25)27-16-13-21-11-9-10-12-24(21)31(27)34/h9-20H,5-8H2,1-4H3/p+1. The van der Waals surface area contributed by atoms with Crippen LogP contribution in [0, 0.1) is 0 Å². The summed E-state index contributed by atoms with van der Waals surface area (Å²) >= 11 is 0. The summed E-state index contributed by atoms with van der Waals surface area (Å²) in [5, 5.41) is 15.4. The van der Waals surface area contributed by atoms with E-state index < -0.39 is 0 Å². The predicted molar refractivity (Wildman–Crippen MR) is 147 cm³/mol. The molecule has 0 atom stereocenters. The zero-order chi connectivity index (χ0) is 24.5. The molecular weight excluding hydrogens is 432 g/mol. The number of aromatic hydroxyl groups is 1. The Labute approximate surface area is 206 Å². The summed E-state index contributed by atoms with van der Waals surface area (Å²) in [6.07, 6.45) is 0. The van der Waals surface area contributed by atoms with Gasteiger partial charge >= 0.3 is 0 Å². The molecule has 3 aromatic rings. The van der Waals surface area contributed by atoms with Crippen LogP contribution >= 0.6 is 0 Å². The lowest BCUT2D eigenvalue weighted by atomic mass is 9.91. The van der Waals surface area contributed by atoms with Gasteiger partial charge in [-0.1, -0.05) is 30.3 Å². The molecule has 3 aromatic carbocycles. The number of fused-ring (bicyclic) bond motifs is 3. The SMILES string of the molecule is CCN(CC)c1ccc2c(-c3ccc4ccccc4c3O)c3ccc(=[N+](CC)CC)cc-3oc2c1. The smallest absolute Gasteiger partial charge is 0.203 e. The van der Waals surface area contributed by atoms with Gasteiger partial charge in [0.25, 0.3) is 0 Å². The lowest BCUT2D eigenvalue weighted by molar-refractivity contribution is 0.483. The third-order valence-corrected chi connectivity index (χ3v) is 7.12. The molecule has 0 fully saturated rings. The Morgan fingerprint density at radius 1 is 0.771 bits per heavy atom. The minimum absolute atomic E-state index is 0.303. The van der Waals surface area contributed by atoms with E-state index in [0.29, 0.717) is 5.75 Å². The minimum Gasteiger partial charge on any atom is -0.507 e. The van der Waals surface area contributed by atoms with Crippen molar-refractivity contribution >= 4 is 27.4 Å². The Morgan fingerprint density at radius 3 is 2.26 bits per heavy atom. The van der Waals surface area contributed by atoms with Gasteiger partial charge in [-0.3, -0.25) is 0 Å². The second kappa shape index (κ2) is 9.46. The van der Waals surface area contributed by atoms with Gasteiger partial charge in [0.1, 0.15) is 30.2 Å². The number of hydrogen-bond donors (Lipinski definition) is 1. The molecule has 0 unspecified atom stereocenters. The molecule has 4 nitrogen and oxygen atoms in total. The van der Waals surface area contributed by atoms with Gasteiger partial charge < -0.3 is 14.4 Å². The first kappa shape index (κ1) is 23.0. The summed E-state index contributed by atoms with van der Waals surface area (Å²) in [4.78, 5) is 2.32. The monoisotopic (exact) mass is 465 g/mol. The number of rotatable bonds is 6. The van der Waals surface area contributed by atoms with E-state index in [9.17, 15) is 5.11 Å². The number of phenols is 1. The molecule has 0 radical (unpaired) electrons. The zero-order valence-corrected chi connectivity index (χ0v) is 21.0. The first-order chi connectivity index (χ1) is 17.1. The molecule has 5 rings (SSSR count). The fourth-order valence-corrected chi connectivity index (χ4v) is 5.19. The topological polar surface area (TPSA) is 39.6 Å². The van der Waals surface area contributed by atoms with E-state index in [-0.39, 0.29) is 0 Å². The lowest BCUT2D eigenvalue weighted by Gasteiger charge is -2.22. The highest BCUT2D eigenvalue weighted by Gasteiger charge is 2.22. The number of anilines is 1. The summed E-state index contributed by atoms with van der Waals surface area (Å²) in [6, 6.07) is 24.9. The highest BCUT2D eigenvalue weighted by molar-refractivity contribution is 6.07. The maximum Gasteiger partial charge on any atom is 0.203 e. The quantitative estimate of drug-likeness (QED) is 0.223. The molecule has 1 aliphatic heterocycles. The van der Waals surface area contributed by atoms with Gasteiger partial charge in [-0.2, -0.15) is 0 Å². The Bertz CT molecular complexity index is 1550. The molecule has 0 amide bonds. The average Bonchev–Trinajstić information content (AvgIpc) is 2.89. The third-order valence-electron chi connectivity index (χ3n) is 7.12. The fraction of sp³-hybridized carbons (Fsp3) is 0.258. The van der Waals surface area contributed by atoms with Crippen molar-refractivity contribution in [2.75, 3.05) is 31.1 Å². The number of nitrogens with zero attached hydrogens (tertiary/aromatic N) is 2. The van der Waals surface area contributed by atoms with Crippen molar-refractivity contribution in [2.24, 2.45) is 0 Å². The van der Waals surface area contributed by atoms with Crippen molar-refractivity contribution in [3.8, 4) is 28.2 Å². The molecule has 1 heterocycles. The van der Waals surface area contributed by atoms with E-state index in [1.165, 1.54) is 0 Å². The van der Waals surface area contributed by atoms with Gasteiger partial charge in [-0.15, -0.1) is 0 Å². The summed E-state index contributed by atoms with van der Waals surface area (Å²) < 4.78 is 8.88. The molecule has 1 aliphatic carbocycles. The van der Waals surface area contributed by atoms with Crippen LogP contribution in [-0.2, 0) is 0 Å². The minimum atomic E-state index is 0.303. The molecule has 0 aromatic heterocycles. The van der Waals surface area contributed by atoms with Gasteiger partial charge in [0, 0.05) is 58.4 Å². The van der Waals surface area contributed by atoms with Crippen molar-refractivity contribution in [2.45, 2.75) is 27.7 Å². The maximum absolute atomic E-state index is 11.4. The first-order valence-electron chi connectivity index (χ1n) is 12.6. The van der Waals surface area contributed by atoms with Crippen molar-refractivity contribution < 1.29 is 9.52 Å². The maximum atomic E-state index is 11.4. The molecule has 0 bridgehead atoms. The van der Waals surface area contributed by atoms with E-state index in [1.807, 2.05) is 30.3 Å². The molecule has 35 heavy (non-hydrogen) atoms. The summed E-state index contributed by atoms with van der Waals surface area (Å²) in [5.74, 6) is 1.12. The van der Waals surface area contributed by atoms with Crippen molar-refractivity contribution in [1.29, 1.82) is 0 Å².